The molecule has 1 aliphatic rings. The Hall–Kier alpha value is -1.99. The van der Waals surface area contributed by atoms with Crippen LogP contribution in [0.3, 0.4) is 0 Å². The molecule has 0 radical (unpaired) electrons. The van der Waals surface area contributed by atoms with Gasteiger partial charge in [-0.1, -0.05) is 26.0 Å². The zero-order chi connectivity index (χ0) is 18.0. The molecule has 1 unspecified atom stereocenters. The van der Waals surface area contributed by atoms with E-state index in [1.807, 2.05) is 12.1 Å². The minimum absolute atomic E-state index is 0.307. The van der Waals surface area contributed by atoms with Crippen LogP contribution >= 0.6 is 0 Å². The molecular formula is C18H24N4O2S. The minimum atomic E-state index is -3.18. The topological polar surface area (TPSA) is 75.2 Å². The lowest BCUT2D eigenvalue weighted by Gasteiger charge is -2.36. The third-order valence-electron chi connectivity index (χ3n) is 4.56. The van der Waals surface area contributed by atoms with Gasteiger partial charge in [0.1, 0.15) is 0 Å². The monoisotopic (exact) mass is 360 g/mol. The van der Waals surface area contributed by atoms with Crippen LogP contribution in [-0.2, 0) is 9.84 Å². The molecule has 7 heteroatoms. The number of hydrogen-bond donors (Lipinski definition) is 1. The third kappa shape index (κ3) is 4.16. The minimum Gasteiger partial charge on any atom is -0.352 e. The molecule has 0 saturated carbocycles. The molecule has 0 bridgehead atoms. The van der Waals surface area contributed by atoms with Crippen molar-refractivity contribution in [2.45, 2.75) is 24.8 Å². The molecular weight excluding hydrogens is 336 g/mol. The lowest BCUT2D eigenvalue weighted by atomic mass is 10.0. The predicted molar refractivity (Wildman–Crippen MR) is 99.4 cm³/mol. The summed E-state index contributed by atoms with van der Waals surface area (Å²) in [5.41, 5.74) is 1.59. The van der Waals surface area contributed by atoms with Crippen molar-refractivity contribution in [2.75, 3.05) is 30.8 Å². The molecule has 3 rings (SSSR count). The smallest absolute Gasteiger partial charge is 0.175 e. The van der Waals surface area contributed by atoms with Crippen molar-refractivity contribution in [3.63, 3.8) is 0 Å². The molecule has 6 nitrogen and oxygen atoms in total. The van der Waals surface area contributed by atoms with Crippen LogP contribution in [0.4, 0.5) is 5.82 Å². The Morgan fingerprint density at radius 1 is 1.12 bits per heavy atom. The first kappa shape index (κ1) is 17.8. The van der Waals surface area contributed by atoms with Crippen molar-refractivity contribution < 1.29 is 8.42 Å². The summed E-state index contributed by atoms with van der Waals surface area (Å²) in [5.74, 6) is 1.45. The molecule has 25 heavy (non-hydrogen) atoms. The van der Waals surface area contributed by atoms with Crippen molar-refractivity contribution in [2.24, 2.45) is 5.92 Å². The zero-order valence-electron chi connectivity index (χ0n) is 14.8. The largest absolute Gasteiger partial charge is 0.352 e. The first-order chi connectivity index (χ1) is 11.8. The molecule has 0 aliphatic carbocycles. The number of piperazine rings is 1. The summed E-state index contributed by atoms with van der Waals surface area (Å²) in [6.45, 7) is 7.22. The summed E-state index contributed by atoms with van der Waals surface area (Å²) in [6, 6.07) is 11.1. The van der Waals surface area contributed by atoms with Gasteiger partial charge >= 0.3 is 0 Å². The second-order valence-electron chi connectivity index (χ2n) is 6.82. The standard InChI is InChI=1S/C18H24N4O2S/c1-13(2)17-12-22(11-10-19-17)18-9-8-16(20-21-18)14-4-6-15(7-5-14)25(3,23)24/h4-9,13,17,19H,10-12H2,1-3H3. The number of sulfone groups is 1. The maximum absolute atomic E-state index is 11.5. The Bertz CT molecular complexity index is 817. The quantitative estimate of drug-likeness (QED) is 0.899. The second kappa shape index (κ2) is 7.09. The summed E-state index contributed by atoms with van der Waals surface area (Å²) in [7, 11) is -3.18. The van der Waals surface area contributed by atoms with E-state index in [1.165, 1.54) is 6.26 Å². The lowest BCUT2D eigenvalue weighted by Crippen LogP contribution is -2.53. The fourth-order valence-electron chi connectivity index (χ4n) is 2.95. The zero-order valence-corrected chi connectivity index (χ0v) is 15.6. The number of benzene rings is 1. The van der Waals surface area contributed by atoms with E-state index in [0.29, 0.717) is 16.9 Å². The fraction of sp³-hybridized carbons (Fsp3) is 0.444. The van der Waals surface area contributed by atoms with E-state index >= 15 is 0 Å². The van der Waals surface area contributed by atoms with E-state index < -0.39 is 9.84 Å². The molecule has 1 aromatic heterocycles. The van der Waals surface area contributed by atoms with Gasteiger partial charge in [-0.15, -0.1) is 10.2 Å². The summed E-state index contributed by atoms with van der Waals surface area (Å²) in [5, 5.41) is 12.2. The molecule has 0 amide bonds. The van der Waals surface area contributed by atoms with Crippen molar-refractivity contribution in [3.05, 3.63) is 36.4 Å². The van der Waals surface area contributed by atoms with Crippen molar-refractivity contribution in [3.8, 4) is 11.3 Å². The summed E-state index contributed by atoms with van der Waals surface area (Å²) < 4.78 is 23.1. The Morgan fingerprint density at radius 3 is 2.40 bits per heavy atom. The molecule has 2 heterocycles. The maximum atomic E-state index is 11.5. The van der Waals surface area contributed by atoms with Crippen LogP contribution in [0.1, 0.15) is 13.8 Å². The van der Waals surface area contributed by atoms with Gasteiger partial charge in [0, 0.05) is 37.5 Å². The predicted octanol–water partition coefficient (Wildman–Crippen LogP) is 1.98. The van der Waals surface area contributed by atoms with Crippen LogP contribution in [0.15, 0.2) is 41.3 Å². The van der Waals surface area contributed by atoms with E-state index in [9.17, 15) is 8.42 Å². The SMILES string of the molecule is CC(C)C1CN(c2ccc(-c3ccc(S(C)(=O)=O)cc3)nn2)CCN1. The Labute approximate surface area is 149 Å². The highest BCUT2D eigenvalue weighted by atomic mass is 32.2. The van der Waals surface area contributed by atoms with Crippen LogP contribution in [0, 0.1) is 5.92 Å². The molecule has 2 aromatic rings. The van der Waals surface area contributed by atoms with Gasteiger partial charge in [-0.2, -0.15) is 0 Å². The number of nitrogens with one attached hydrogen (secondary N) is 1. The number of hydrogen-bond acceptors (Lipinski definition) is 6. The van der Waals surface area contributed by atoms with E-state index in [0.717, 1.165) is 36.7 Å². The van der Waals surface area contributed by atoms with E-state index in [-0.39, 0.29) is 0 Å². The second-order valence-corrected chi connectivity index (χ2v) is 8.84. The van der Waals surface area contributed by atoms with Crippen LogP contribution in [0.5, 0.6) is 0 Å². The van der Waals surface area contributed by atoms with Gasteiger partial charge in [-0.05, 0) is 30.2 Å². The molecule has 1 fully saturated rings. The Morgan fingerprint density at radius 2 is 1.84 bits per heavy atom. The molecule has 1 aromatic carbocycles. The average molecular weight is 360 g/mol. The van der Waals surface area contributed by atoms with Crippen LogP contribution < -0.4 is 10.2 Å². The maximum Gasteiger partial charge on any atom is 0.175 e. The number of anilines is 1. The summed E-state index contributed by atoms with van der Waals surface area (Å²) >= 11 is 0. The molecule has 0 spiro atoms. The van der Waals surface area contributed by atoms with Crippen molar-refractivity contribution in [1.82, 2.24) is 15.5 Å². The summed E-state index contributed by atoms with van der Waals surface area (Å²) in [4.78, 5) is 2.56. The highest BCUT2D eigenvalue weighted by molar-refractivity contribution is 7.90. The first-order valence-corrected chi connectivity index (χ1v) is 10.4. The fourth-order valence-corrected chi connectivity index (χ4v) is 3.58. The lowest BCUT2D eigenvalue weighted by molar-refractivity contribution is 0.367. The first-order valence-electron chi connectivity index (χ1n) is 8.47. The van der Waals surface area contributed by atoms with Crippen LogP contribution in [0.25, 0.3) is 11.3 Å². The Balaban J connectivity index is 1.76. The van der Waals surface area contributed by atoms with E-state index in [4.69, 9.17) is 0 Å². The summed E-state index contributed by atoms with van der Waals surface area (Å²) in [6.07, 6.45) is 1.20. The van der Waals surface area contributed by atoms with Gasteiger partial charge in [0.15, 0.2) is 15.7 Å². The highest BCUT2D eigenvalue weighted by Gasteiger charge is 2.22. The molecule has 1 atom stereocenters. The van der Waals surface area contributed by atoms with Crippen molar-refractivity contribution in [1.29, 1.82) is 0 Å². The number of nitrogens with zero attached hydrogens (tertiary/aromatic N) is 3. The third-order valence-corrected chi connectivity index (χ3v) is 5.69. The molecule has 134 valence electrons. The van der Waals surface area contributed by atoms with Gasteiger partial charge in [0.05, 0.1) is 10.6 Å². The Kier molecular flexibility index (Phi) is 5.06. The molecule has 1 N–H and O–H groups in total. The van der Waals surface area contributed by atoms with Crippen LogP contribution in [0.2, 0.25) is 0 Å². The number of rotatable bonds is 4. The molecule has 1 saturated heterocycles. The van der Waals surface area contributed by atoms with E-state index in [1.54, 1.807) is 24.3 Å². The molecule has 1 aliphatic heterocycles. The van der Waals surface area contributed by atoms with Gasteiger partial charge in [-0.25, -0.2) is 8.42 Å². The van der Waals surface area contributed by atoms with Gasteiger partial charge < -0.3 is 10.2 Å². The van der Waals surface area contributed by atoms with Gasteiger partial charge in [0.25, 0.3) is 0 Å². The highest BCUT2D eigenvalue weighted by Crippen LogP contribution is 2.21. The van der Waals surface area contributed by atoms with Crippen LogP contribution in [-0.4, -0.2) is 50.5 Å². The van der Waals surface area contributed by atoms with E-state index in [2.05, 4.69) is 34.3 Å². The normalized spacial score (nSPS) is 18.6. The van der Waals surface area contributed by atoms with Crippen molar-refractivity contribution >= 4 is 15.7 Å². The van der Waals surface area contributed by atoms with Gasteiger partial charge in [0.2, 0.25) is 0 Å². The number of aromatic nitrogens is 2. The van der Waals surface area contributed by atoms with Gasteiger partial charge in [-0.3, -0.25) is 0 Å². The average Bonchev–Trinajstić information content (AvgIpc) is 2.61.